The Kier molecular flexibility index (Phi) is 5.55. The summed E-state index contributed by atoms with van der Waals surface area (Å²) in [5.74, 6) is 1.89. The Bertz CT molecular complexity index is 556. The molecular formula is C20H25NS. The van der Waals surface area contributed by atoms with Crippen molar-refractivity contribution in [1.82, 2.24) is 4.98 Å². The Balaban J connectivity index is 1.49. The van der Waals surface area contributed by atoms with Crippen molar-refractivity contribution in [1.29, 1.82) is 0 Å². The van der Waals surface area contributed by atoms with Gasteiger partial charge < -0.3 is 0 Å². The third-order valence-electron chi connectivity index (χ3n) is 4.74. The molecule has 2 heteroatoms. The second kappa shape index (κ2) is 7.82. The van der Waals surface area contributed by atoms with E-state index in [9.17, 15) is 0 Å². The van der Waals surface area contributed by atoms with E-state index in [2.05, 4.69) is 54.5 Å². The van der Waals surface area contributed by atoms with Gasteiger partial charge in [0.1, 0.15) is 5.03 Å². The molecule has 3 rings (SSSR count). The molecule has 1 nitrogen and oxygen atoms in total. The van der Waals surface area contributed by atoms with Gasteiger partial charge in [-0.1, -0.05) is 68.6 Å². The van der Waals surface area contributed by atoms with Crippen molar-refractivity contribution in [2.24, 2.45) is 11.8 Å². The summed E-state index contributed by atoms with van der Waals surface area (Å²) in [4.78, 5) is 5.86. The molecule has 116 valence electrons. The molecule has 1 fully saturated rings. The number of pyridine rings is 1. The largest absolute Gasteiger partial charge is 0.249 e. The summed E-state index contributed by atoms with van der Waals surface area (Å²) in [7, 11) is 0. The average molecular weight is 311 g/mol. The number of hydrogen-bond donors (Lipinski definition) is 0. The highest BCUT2D eigenvalue weighted by Crippen LogP contribution is 2.31. The molecule has 2 aromatic rings. The maximum Gasteiger partial charge on any atom is 0.101 e. The molecule has 0 unspecified atom stereocenters. The van der Waals surface area contributed by atoms with Crippen LogP contribution in [-0.4, -0.2) is 4.98 Å². The van der Waals surface area contributed by atoms with Crippen LogP contribution in [0.15, 0.2) is 58.6 Å². The molecule has 22 heavy (non-hydrogen) atoms. The van der Waals surface area contributed by atoms with Gasteiger partial charge in [-0.15, -0.1) is 0 Å². The van der Waals surface area contributed by atoms with Gasteiger partial charge in [0.2, 0.25) is 0 Å². The third kappa shape index (κ3) is 4.61. The number of hydrogen-bond acceptors (Lipinski definition) is 2. The van der Waals surface area contributed by atoms with Crippen LogP contribution in [-0.2, 0) is 6.42 Å². The SMILES string of the molecule is CC1CCC(CCc2ccc(Sc3ccccc3)nc2)CC1. The zero-order chi connectivity index (χ0) is 15.2. The van der Waals surface area contributed by atoms with Gasteiger partial charge in [0, 0.05) is 11.1 Å². The first-order valence-corrected chi connectivity index (χ1v) is 9.29. The molecule has 1 aromatic heterocycles. The van der Waals surface area contributed by atoms with Crippen LogP contribution < -0.4 is 0 Å². The van der Waals surface area contributed by atoms with Crippen LogP contribution in [0.2, 0.25) is 0 Å². The van der Waals surface area contributed by atoms with Crippen molar-refractivity contribution in [3.63, 3.8) is 0 Å². The molecule has 1 heterocycles. The Morgan fingerprint density at radius 3 is 2.45 bits per heavy atom. The minimum atomic E-state index is 0.939. The van der Waals surface area contributed by atoms with Gasteiger partial charge in [0.05, 0.1) is 0 Å². The number of aryl methyl sites for hydroxylation is 1. The highest BCUT2D eigenvalue weighted by Gasteiger charge is 2.17. The first-order valence-electron chi connectivity index (χ1n) is 8.47. The summed E-state index contributed by atoms with van der Waals surface area (Å²) in [6.07, 6.45) is 10.3. The van der Waals surface area contributed by atoms with Crippen molar-refractivity contribution < 1.29 is 0 Å². The van der Waals surface area contributed by atoms with E-state index in [-0.39, 0.29) is 0 Å². The van der Waals surface area contributed by atoms with E-state index < -0.39 is 0 Å². The monoisotopic (exact) mass is 311 g/mol. The number of benzene rings is 1. The Morgan fingerprint density at radius 1 is 1.00 bits per heavy atom. The van der Waals surface area contributed by atoms with Crippen LogP contribution in [0.1, 0.15) is 44.6 Å². The first kappa shape index (κ1) is 15.6. The lowest BCUT2D eigenvalue weighted by Crippen LogP contribution is -2.12. The van der Waals surface area contributed by atoms with Gasteiger partial charge in [-0.2, -0.15) is 0 Å². The van der Waals surface area contributed by atoms with Crippen molar-refractivity contribution in [3.8, 4) is 0 Å². The van der Waals surface area contributed by atoms with Crippen LogP contribution in [0.4, 0.5) is 0 Å². The van der Waals surface area contributed by atoms with Gasteiger partial charge in [-0.25, -0.2) is 4.98 Å². The molecule has 1 saturated carbocycles. The van der Waals surface area contributed by atoms with Crippen LogP contribution in [0.5, 0.6) is 0 Å². The topological polar surface area (TPSA) is 12.9 Å². The quantitative estimate of drug-likeness (QED) is 0.672. The van der Waals surface area contributed by atoms with E-state index in [0.717, 1.165) is 16.9 Å². The Morgan fingerprint density at radius 2 is 1.77 bits per heavy atom. The fourth-order valence-electron chi connectivity index (χ4n) is 3.22. The van der Waals surface area contributed by atoms with Gasteiger partial charge in [-0.05, 0) is 48.4 Å². The molecule has 0 saturated heterocycles. The van der Waals surface area contributed by atoms with E-state index >= 15 is 0 Å². The van der Waals surface area contributed by atoms with Crippen LogP contribution in [0.3, 0.4) is 0 Å². The fraction of sp³-hybridized carbons (Fsp3) is 0.450. The van der Waals surface area contributed by atoms with Crippen LogP contribution in [0, 0.1) is 11.8 Å². The lowest BCUT2D eigenvalue weighted by Gasteiger charge is -2.26. The van der Waals surface area contributed by atoms with E-state index in [1.807, 2.05) is 6.07 Å². The molecular weight excluding hydrogens is 286 g/mol. The van der Waals surface area contributed by atoms with E-state index in [0.29, 0.717) is 0 Å². The molecule has 1 aliphatic carbocycles. The zero-order valence-electron chi connectivity index (χ0n) is 13.4. The second-order valence-corrected chi connectivity index (χ2v) is 7.68. The molecule has 0 bridgehead atoms. The predicted molar refractivity (Wildman–Crippen MR) is 94.2 cm³/mol. The molecule has 0 spiro atoms. The maximum absolute atomic E-state index is 4.61. The Hall–Kier alpha value is -1.28. The van der Waals surface area contributed by atoms with E-state index in [4.69, 9.17) is 0 Å². The number of aromatic nitrogens is 1. The minimum Gasteiger partial charge on any atom is -0.249 e. The van der Waals surface area contributed by atoms with Crippen molar-refractivity contribution >= 4 is 11.8 Å². The summed E-state index contributed by atoms with van der Waals surface area (Å²) < 4.78 is 0. The van der Waals surface area contributed by atoms with Crippen molar-refractivity contribution in [2.75, 3.05) is 0 Å². The van der Waals surface area contributed by atoms with E-state index in [1.54, 1.807) is 11.8 Å². The summed E-state index contributed by atoms with van der Waals surface area (Å²) in [5.41, 5.74) is 1.39. The molecule has 0 radical (unpaired) electrons. The maximum atomic E-state index is 4.61. The summed E-state index contributed by atoms with van der Waals surface area (Å²) in [5, 5.41) is 1.08. The number of rotatable bonds is 5. The predicted octanol–water partition coefficient (Wildman–Crippen LogP) is 5.99. The van der Waals surface area contributed by atoms with Crippen LogP contribution in [0.25, 0.3) is 0 Å². The van der Waals surface area contributed by atoms with Crippen LogP contribution >= 0.6 is 11.8 Å². The molecule has 0 amide bonds. The fourth-order valence-corrected chi connectivity index (χ4v) is 3.99. The van der Waals surface area contributed by atoms with E-state index in [1.165, 1.54) is 49.0 Å². The standard InChI is InChI=1S/C20H25NS/c1-16-7-9-17(10-8-16)11-12-18-13-14-20(21-15-18)22-19-5-3-2-4-6-19/h2-6,13-17H,7-12H2,1H3. The highest BCUT2D eigenvalue weighted by molar-refractivity contribution is 7.99. The highest BCUT2D eigenvalue weighted by atomic mass is 32.2. The number of nitrogens with zero attached hydrogens (tertiary/aromatic N) is 1. The summed E-state index contributed by atoms with van der Waals surface area (Å²) in [6.45, 7) is 2.39. The van der Waals surface area contributed by atoms with Gasteiger partial charge in [0.15, 0.2) is 0 Å². The first-order chi connectivity index (χ1) is 10.8. The molecule has 0 aliphatic heterocycles. The lowest BCUT2D eigenvalue weighted by atomic mass is 9.80. The molecule has 1 aliphatic rings. The molecule has 0 atom stereocenters. The molecule has 1 aromatic carbocycles. The van der Waals surface area contributed by atoms with Gasteiger partial charge in [0.25, 0.3) is 0 Å². The van der Waals surface area contributed by atoms with Crippen molar-refractivity contribution in [2.45, 2.75) is 55.4 Å². The third-order valence-corrected chi connectivity index (χ3v) is 5.70. The lowest BCUT2D eigenvalue weighted by molar-refractivity contribution is 0.277. The minimum absolute atomic E-state index is 0.939. The average Bonchev–Trinajstić information content (AvgIpc) is 2.57. The van der Waals surface area contributed by atoms with Gasteiger partial charge >= 0.3 is 0 Å². The smallest absolute Gasteiger partial charge is 0.101 e. The normalized spacial score (nSPS) is 21.7. The summed E-state index contributed by atoms with van der Waals surface area (Å²) >= 11 is 1.73. The molecule has 0 N–H and O–H groups in total. The summed E-state index contributed by atoms with van der Waals surface area (Å²) in [6, 6.07) is 14.9. The Labute approximate surface area is 138 Å². The van der Waals surface area contributed by atoms with Gasteiger partial charge in [-0.3, -0.25) is 0 Å². The zero-order valence-corrected chi connectivity index (χ0v) is 14.2. The van der Waals surface area contributed by atoms with Crippen molar-refractivity contribution in [3.05, 3.63) is 54.2 Å². The second-order valence-electron chi connectivity index (χ2n) is 6.58.